The number of ether oxygens (including phenoxy) is 1. The Bertz CT molecular complexity index is 1240. The lowest BCUT2D eigenvalue weighted by molar-refractivity contribution is -0.384. The van der Waals surface area contributed by atoms with E-state index in [1.54, 1.807) is 36.4 Å². The number of H-pyrrole nitrogens is 1. The van der Waals surface area contributed by atoms with E-state index in [0.29, 0.717) is 5.56 Å². The number of rotatable bonds is 7. The van der Waals surface area contributed by atoms with Crippen LogP contribution in [0.4, 0.5) is 20.4 Å². The van der Waals surface area contributed by atoms with Crippen molar-refractivity contribution in [1.29, 1.82) is 5.26 Å². The number of nitro benzene ring substituents is 1. The van der Waals surface area contributed by atoms with Crippen LogP contribution in [0.5, 0.6) is 5.75 Å². The van der Waals surface area contributed by atoms with Crippen LogP contribution in [-0.2, 0) is 0 Å². The van der Waals surface area contributed by atoms with Crippen molar-refractivity contribution in [2.24, 2.45) is 5.10 Å². The SMILES string of the molecule is N#Cc1c(-c2ccccc2)nc(NN=Cc2cc([N+](=O)[O-])ccc2OC(F)F)[nH]c1=O. The highest BCUT2D eigenvalue weighted by atomic mass is 19.3. The van der Waals surface area contributed by atoms with Gasteiger partial charge in [0.2, 0.25) is 5.95 Å². The molecule has 0 unspecified atom stereocenters. The van der Waals surface area contributed by atoms with Crippen LogP contribution in [0.15, 0.2) is 58.4 Å². The van der Waals surface area contributed by atoms with Gasteiger partial charge in [0.25, 0.3) is 11.2 Å². The average Bonchev–Trinajstić information content (AvgIpc) is 2.74. The van der Waals surface area contributed by atoms with Crippen LogP contribution in [0.3, 0.4) is 0 Å². The first kappa shape index (κ1) is 21.1. The molecule has 0 spiro atoms. The summed E-state index contributed by atoms with van der Waals surface area (Å²) in [6.07, 6.45) is 0.991. The van der Waals surface area contributed by atoms with E-state index in [-0.39, 0.29) is 34.2 Å². The molecule has 0 saturated carbocycles. The molecule has 0 bridgehead atoms. The number of nitro groups is 1. The fraction of sp³-hybridized carbons (Fsp3) is 0.0526. The molecule has 1 aromatic heterocycles. The van der Waals surface area contributed by atoms with Crippen LogP contribution in [-0.4, -0.2) is 27.7 Å². The summed E-state index contributed by atoms with van der Waals surface area (Å²) in [5, 5.41) is 24.0. The van der Waals surface area contributed by atoms with Gasteiger partial charge in [0.05, 0.1) is 16.8 Å². The molecule has 1 heterocycles. The second-order valence-corrected chi connectivity index (χ2v) is 5.84. The highest BCUT2D eigenvalue weighted by Crippen LogP contribution is 2.24. The molecule has 3 rings (SSSR count). The predicted molar refractivity (Wildman–Crippen MR) is 106 cm³/mol. The Labute approximate surface area is 172 Å². The Kier molecular flexibility index (Phi) is 6.27. The molecule has 0 aliphatic carbocycles. The first-order chi connectivity index (χ1) is 14.9. The Hall–Kier alpha value is -4.66. The molecule has 12 heteroatoms. The highest BCUT2D eigenvalue weighted by Gasteiger charge is 2.15. The first-order valence-electron chi connectivity index (χ1n) is 8.51. The van der Waals surface area contributed by atoms with Crippen molar-refractivity contribution < 1.29 is 18.4 Å². The van der Waals surface area contributed by atoms with Crippen LogP contribution >= 0.6 is 0 Å². The van der Waals surface area contributed by atoms with Gasteiger partial charge >= 0.3 is 6.61 Å². The van der Waals surface area contributed by atoms with E-state index in [4.69, 9.17) is 0 Å². The van der Waals surface area contributed by atoms with Crippen molar-refractivity contribution in [3.05, 3.63) is 80.1 Å². The van der Waals surface area contributed by atoms with Crippen molar-refractivity contribution in [3.8, 4) is 23.1 Å². The highest BCUT2D eigenvalue weighted by molar-refractivity contribution is 5.85. The number of nitriles is 1. The number of hydrogen-bond donors (Lipinski definition) is 2. The third-order valence-electron chi connectivity index (χ3n) is 3.87. The topological polar surface area (TPSA) is 146 Å². The fourth-order valence-electron chi connectivity index (χ4n) is 2.55. The maximum absolute atomic E-state index is 12.6. The minimum Gasteiger partial charge on any atom is -0.434 e. The normalized spacial score (nSPS) is 10.8. The quantitative estimate of drug-likeness (QED) is 0.335. The molecule has 0 atom stereocenters. The van der Waals surface area contributed by atoms with Crippen molar-refractivity contribution in [1.82, 2.24) is 9.97 Å². The average molecular weight is 426 g/mol. The summed E-state index contributed by atoms with van der Waals surface area (Å²) in [5.74, 6) is -0.474. The molecular formula is C19H12F2N6O4. The molecule has 0 saturated heterocycles. The minimum atomic E-state index is -3.15. The van der Waals surface area contributed by atoms with Crippen LogP contribution in [0, 0.1) is 21.4 Å². The zero-order valence-electron chi connectivity index (χ0n) is 15.5. The van der Waals surface area contributed by atoms with Gasteiger partial charge in [-0.05, 0) is 6.07 Å². The summed E-state index contributed by atoms with van der Waals surface area (Å²) in [4.78, 5) is 28.9. The Morgan fingerprint density at radius 3 is 2.68 bits per heavy atom. The van der Waals surface area contributed by atoms with Gasteiger partial charge < -0.3 is 4.74 Å². The minimum absolute atomic E-state index is 0.110. The summed E-state index contributed by atoms with van der Waals surface area (Å²) in [6.45, 7) is -3.15. The monoisotopic (exact) mass is 426 g/mol. The molecule has 0 aliphatic heterocycles. The number of non-ortho nitro benzene ring substituents is 1. The second kappa shape index (κ2) is 9.23. The summed E-state index contributed by atoms with van der Waals surface area (Å²) < 4.78 is 29.5. The van der Waals surface area contributed by atoms with Gasteiger partial charge in [-0.25, -0.2) is 10.4 Å². The van der Waals surface area contributed by atoms with Gasteiger partial charge in [-0.3, -0.25) is 19.9 Å². The van der Waals surface area contributed by atoms with Crippen molar-refractivity contribution in [2.45, 2.75) is 6.61 Å². The number of aromatic nitrogens is 2. The van der Waals surface area contributed by atoms with Gasteiger partial charge in [-0.15, -0.1) is 0 Å². The first-order valence-corrected chi connectivity index (χ1v) is 8.51. The van der Waals surface area contributed by atoms with Gasteiger partial charge in [0.1, 0.15) is 17.4 Å². The summed E-state index contributed by atoms with van der Waals surface area (Å²) in [7, 11) is 0. The molecule has 156 valence electrons. The third kappa shape index (κ3) is 5.04. The summed E-state index contributed by atoms with van der Waals surface area (Å²) in [6, 6.07) is 13.3. The molecule has 2 N–H and O–H groups in total. The van der Waals surface area contributed by atoms with E-state index >= 15 is 0 Å². The lowest BCUT2D eigenvalue weighted by atomic mass is 10.1. The molecule has 10 nitrogen and oxygen atoms in total. The Morgan fingerprint density at radius 1 is 1.29 bits per heavy atom. The van der Waals surface area contributed by atoms with Crippen molar-refractivity contribution in [2.75, 3.05) is 5.43 Å². The van der Waals surface area contributed by atoms with E-state index in [2.05, 4.69) is 25.2 Å². The van der Waals surface area contributed by atoms with Gasteiger partial charge in [0, 0.05) is 23.3 Å². The molecule has 31 heavy (non-hydrogen) atoms. The molecule has 0 amide bonds. The molecule has 3 aromatic rings. The number of halogens is 2. The number of alkyl halides is 2. The fourth-order valence-corrected chi connectivity index (χ4v) is 2.55. The zero-order chi connectivity index (χ0) is 22.4. The van der Waals surface area contributed by atoms with Crippen LogP contribution in [0.25, 0.3) is 11.3 Å². The Balaban J connectivity index is 1.93. The number of aromatic amines is 1. The number of hydrazone groups is 1. The van der Waals surface area contributed by atoms with E-state index in [0.717, 1.165) is 24.4 Å². The van der Waals surface area contributed by atoms with Crippen molar-refractivity contribution >= 4 is 17.9 Å². The Morgan fingerprint density at radius 2 is 2.03 bits per heavy atom. The van der Waals surface area contributed by atoms with Crippen LogP contribution in [0.2, 0.25) is 0 Å². The maximum Gasteiger partial charge on any atom is 0.387 e. The standard InChI is InChI=1S/C19H12F2N6O4/c20-18(21)31-15-7-6-13(27(29)30)8-12(15)10-23-26-19-24-16(11-4-2-1-3-5-11)14(9-22)17(28)25-19/h1-8,10,18H,(H2,24,25,26,28). The lowest BCUT2D eigenvalue weighted by Crippen LogP contribution is -2.16. The maximum atomic E-state index is 12.6. The number of hydrogen-bond acceptors (Lipinski definition) is 8. The largest absolute Gasteiger partial charge is 0.434 e. The van der Waals surface area contributed by atoms with Crippen LogP contribution in [0.1, 0.15) is 11.1 Å². The summed E-state index contributed by atoms with van der Waals surface area (Å²) in [5.41, 5.74) is 1.64. The lowest BCUT2D eigenvalue weighted by Gasteiger charge is -2.08. The van der Waals surface area contributed by atoms with Crippen molar-refractivity contribution in [3.63, 3.8) is 0 Å². The second-order valence-electron chi connectivity index (χ2n) is 5.84. The van der Waals surface area contributed by atoms with Crippen LogP contribution < -0.4 is 15.7 Å². The third-order valence-corrected chi connectivity index (χ3v) is 3.87. The number of nitrogens with zero attached hydrogens (tertiary/aromatic N) is 4. The smallest absolute Gasteiger partial charge is 0.387 e. The molecule has 0 fully saturated rings. The molecular weight excluding hydrogens is 414 g/mol. The van der Waals surface area contributed by atoms with Gasteiger partial charge in [-0.2, -0.15) is 19.1 Å². The van der Waals surface area contributed by atoms with E-state index in [1.165, 1.54) is 0 Å². The number of benzene rings is 2. The van der Waals surface area contributed by atoms with Gasteiger partial charge in [0.15, 0.2) is 0 Å². The summed E-state index contributed by atoms with van der Waals surface area (Å²) >= 11 is 0. The van der Waals surface area contributed by atoms with Gasteiger partial charge in [-0.1, -0.05) is 30.3 Å². The molecule has 0 aliphatic rings. The van der Waals surface area contributed by atoms with E-state index in [1.807, 2.05) is 0 Å². The number of nitrogens with one attached hydrogen (secondary N) is 2. The zero-order valence-corrected chi connectivity index (χ0v) is 15.5. The number of anilines is 1. The molecule has 2 aromatic carbocycles. The van der Waals surface area contributed by atoms with E-state index in [9.17, 15) is 29.0 Å². The van der Waals surface area contributed by atoms with E-state index < -0.39 is 17.1 Å². The predicted octanol–water partition coefficient (Wildman–Crippen LogP) is 3.26. The molecule has 0 radical (unpaired) electrons.